The fourth-order valence-corrected chi connectivity index (χ4v) is 0.877. The Morgan fingerprint density at radius 1 is 1.29 bits per heavy atom. The molecule has 5 nitrogen and oxygen atoms in total. The largest absolute Gasteiger partial charge is 0.480 e. The van der Waals surface area contributed by atoms with Crippen molar-refractivity contribution in [3.05, 3.63) is 0 Å². The first-order chi connectivity index (χ1) is 6.29. The number of hydrogen-bond acceptors (Lipinski definition) is 3. The van der Waals surface area contributed by atoms with Crippen LogP contribution >= 0.6 is 0 Å². The summed E-state index contributed by atoms with van der Waals surface area (Å²) in [7, 11) is 1.45. The molecule has 0 aromatic carbocycles. The van der Waals surface area contributed by atoms with Gasteiger partial charge < -0.3 is 15.7 Å². The van der Waals surface area contributed by atoms with Crippen molar-refractivity contribution in [2.75, 3.05) is 7.05 Å². The first-order valence-corrected chi connectivity index (χ1v) is 4.54. The lowest BCUT2D eigenvalue weighted by Crippen LogP contribution is -2.50. The normalized spacial score (nSPS) is 15.0. The van der Waals surface area contributed by atoms with Crippen molar-refractivity contribution >= 4 is 11.9 Å². The molecule has 82 valence electrons. The lowest BCUT2D eigenvalue weighted by Gasteiger charge is -2.26. The van der Waals surface area contributed by atoms with Crippen molar-refractivity contribution in [3.8, 4) is 0 Å². The Kier molecular flexibility index (Phi) is 4.56. The molecule has 14 heavy (non-hydrogen) atoms. The molecule has 0 aromatic rings. The van der Waals surface area contributed by atoms with Gasteiger partial charge in [0.05, 0.1) is 6.04 Å². The van der Waals surface area contributed by atoms with E-state index in [1.165, 1.54) is 14.0 Å². The van der Waals surface area contributed by atoms with E-state index in [-0.39, 0.29) is 11.8 Å². The van der Waals surface area contributed by atoms with Crippen LogP contribution in [0.3, 0.4) is 0 Å². The summed E-state index contributed by atoms with van der Waals surface area (Å²) in [6, 6.07) is -1.48. The average Bonchev–Trinajstić information content (AvgIpc) is 2.12. The number of nitrogens with two attached hydrogens (primary N) is 1. The van der Waals surface area contributed by atoms with Crippen LogP contribution in [0.4, 0.5) is 0 Å². The third-order valence-corrected chi connectivity index (χ3v) is 2.29. The van der Waals surface area contributed by atoms with Crippen molar-refractivity contribution in [3.63, 3.8) is 0 Å². The zero-order valence-corrected chi connectivity index (χ0v) is 9.02. The second-order valence-corrected chi connectivity index (χ2v) is 3.73. The van der Waals surface area contributed by atoms with Gasteiger partial charge in [0.2, 0.25) is 5.91 Å². The molecule has 0 heterocycles. The highest BCUT2D eigenvalue weighted by Crippen LogP contribution is 2.05. The Hall–Kier alpha value is -1.10. The smallest absolute Gasteiger partial charge is 0.326 e. The Morgan fingerprint density at radius 2 is 1.71 bits per heavy atom. The summed E-state index contributed by atoms with van der Waals surface area (Å²) >= 11 is 0. The first-order valence-electron chi connectivity index (χ1n) is 4.54. The van der Waals surface area contributed by atoms with Crippen LogP contribution in [0.15, 0.2) is 0 Å². The molecule has 3 N–H and O–H groups in total. The van der Waals surface area contributed by atoms with Crippen LogP contribution in [0.5, 0.6) is 0 Å². The molecular formula is C9H18N2O3. The molecule has 0 saturated heterocycles. The highest BCUT2D eigenvalue weighted by atomic mass is 16.4. The zero-order valence-electron chi connectivity index (χ0n) is 9.02. The second kappa shape index (κ2) is 4.95. The Balaban J connectivity index is 4.46. The van der Waals surface area contributed by atoms with E-state index in [1.54, 1.807) is 0 Å². The Labute approximate surface area is 83.9 Å². The highest BCUT2D eigenvalue weighted by molar-refractivity contribution is 5.86. The minimum Gasteiger partial charge on any atom is -0.480 e. The van der Waals surface area contributed by atoms with E-state index < -0.39 is 18.1 Å². The second-order valence-electron chi connectivity index (χ2n) is 3.73. The summed E-state index contributed by atoms with van der Waals surface area (Å²) in [6.45, 7) is 5.09. The van der Waals surface area contributed by atoms with Crippen LogP contribution in [0.2, 0.25) is 0 Å². The number of rotatable bonds is 4. The van der Waals surface area contributed by atoms with Crippen LogP contribution in [0.25, 0.3) is 0 Å². The molecule has 5 heteroatoms. The summed E-state index contributed by atoms with van der Waals surface area (Å²) in [6.07, 6.45) is 0. The molecule has 2 atom stereocenters. The molecule has 0 aliphatic rings. The molecular weight excluding hydrogens is 184 g/mol. The number of carboxylic acids is 1. The van der Waals surface area contributed by atoms with Crippen LogP contribution in [-0.2, 0) is 9.59 Å². The van der Waals surface area contributed by atoms with Crippen molar-refractivity contribution in [1.29, 1.82) is 0 Å². The van der Waals surface area contributed by atoms with Gasteiger partial charge in [0.15, 0.2) is 0 Å². The van der Waals surface area contributed by atoms with Gasteiger partial charge in [-0.3, -0.25) is 4.79 Å². The van der Waals surface area contributed by atoms with Crippen LogP contribution in [-0.4, -0.2) is 41.0 Å². The summed E-state index contributed by atoms with van der Waals surface area (Å²) in [5.74, 6) is -1.36. The molecule has 0 fully saturated rings. The molecule has 1 amide bonds. The Morgan fingerprint density at radius 3 is 2.00 bits per heavy atom. The van der Waals surface area contributed by atoms with Gasteiger partial charge in [-0.1, -0.05) is 13.8 Å². The SMILES string of the molecule is CC(C)[C@@H](N)C(=O)N(C)C(C)C(=O)O. The summed E-state index contributed by atoms with van der Waals surface area (Å²) in [5, 5.41) is 8.69. The predicted octanol–water partition coefficient (Wildman–Crippen LogP) is -0.0988. The number of aliphatic carboxylic acids is 1. The van der Waals surface area contributed by atoms with Gasteiger partial charge in [-0.25, -0.2) is 4.79 Å². The molecule has 0 rings (SSSR count). The number of hydrogen-bond donors (Lipinski definition) is 2. The number of carbonyl (C=O) groups is 2. The first kappa shape index (κ1) is 12.9. The van der Waals surface area contributed by atoms with E-state index in [1.807, 2.05) is 13.8 Å². The van der Waals surface area contributed by atoms with E-state index in [2.05, 4.69) is 0 Å². The summed E-state index contributed by atoms with van der Waals surface area (Å²) in [5.41, 5.74) is 5.61. The van der Waals surface area contributed by atoms with Crippen LogP contribution in [0.1, 0.15) is 20.8 Å². The molecule has 0 saturated carbocycles. The average molecular weight is 202 g/mol. The fraction of sp³-hybridized carbons (Fsp3) is 0.778. The van der Waals surface area contributed by atoms with Gasteiger partial charge in [0.25, 0.3) is 0 Å². The van der Waals surface area contributed by atoms with Crippen molar-refractivity contribution < 1.29 is 14.7 Å². The number of amides is 1. The third-order valence-electron chi connectivity index (χ3n) is 2.29. The number of carboxylic acid groups (broad SMARTS) is 1. The summed E-state index contributed by atoms with van der Waals surface area (Å²) < 4.78 is 0. The molecule has 0 radical (unpaired) electrons. The van der Waals surface area contributed by atoms with Gasteiger partial charge in [0.1, 0.15) is 6.04 Å². The monoisotopic (exact) mass is 202 g/mol. The van der Waals surface area contributed by atoms with Gasteiger partial charge in [-0.05, 0) is 12.8 Å². The van der Waals surface area contributed by atoms with Gasteiger partial charge in [-0.2, -0.15) is 0 Å². The van der Waals surface area contributed by atoms with Crippen LogP contribution < -0.4 is 5.73 Å². The summed E-state index contributed by atoms with van der Waals surface area (Å²) in [4.78, 5) is 23.3. The minimum absolute atomic E-state index is 0.00550. The topological polar surface area (TPSA) is 83.6 Å². The number of nitrogens with zero attached hydrogens (tertiary/aromatic N) is 1. The van der Waals surface area contributed by atoms with Gasteiger partial charge in [-0.15, -0.1) is 0 Å². The minimum atomic E-state index is -1.03. The molecule has 0 aromatic heterocycles. The van der Waals surface area contributed by atoms with Crippen LogP contribution in [0, 0.1) is 5.92 Å². The maximum Gasteiger partial charge on any atom is 0.326 e. The van der Waals surface area contributed by atoms with Crippen molar-refractivity contribution in [2.24, 2.45) is 11.7 Å². The van der Waals surface area contributed by atoms with E-state index in [0.29, 0.717) is 0 Å². The fourth-order valence-electron chi connectivity index (χ4n) is 0.877. The quantitative estimate of drug-likeness (QED) is 0.667. The van der Waals surface area contributed by atoms with E-state index in [0.717, 1.165) is 4.90 Å². The lowest BCUT2D eigenvalue weighted by atomic mass is 10.0. The lowest BCUT2D eigenvalue weighted by molar-refractivity contribution is -0.149. The Bertz CT molecular complexity index is 228. The number of carbonyl (C=O) groups excluding carboxylic acids is 1. The molecule has 0 spiro atoms. The van der Waals surface area contributed by atoms with E-state index >= 15 is 0 Å². The standard InChI is InChI=1S/C9H18N2O3/c1-5(2)7(10)8(12)11(4)6(3)9(13)14/h5-7H,10H2,1-4H3,(H,13,14)/t6?,7-/m1/s1. The highest BCUT2D eigenvalue weighted by Gasteiger charge is 2.27. The van der Waals surface area contributed by atoms with Crippen molar-refractivity contribution in [2.45, 2.75) is 32.9 Å². The van der Waals surface area contributed by atoms with Crippen molar-refractivity contribution in [1.82, 2.24) is 4.90 Å². The molecule has 0 bridgehead atoms. The maximum atomic E-state index is 11.6. The third kappa shape index (κ3) is 2.99. The zero-order chi connectivity index (χ0) is 11.5. The van der Waals surface area contributed by atoms with Gasteiger partial charge in [0, 0.05) is 7.05 Å². The van der Waals surface area contributed by atoms with E-state index in [9.17, 15) is 9.59 Å². The molecule has 1 unspecified atom stereocenters. The predicted molar refractivity (Wildman–Crippen MR) is 52.7 cm³/mol. The molecule has 0 aliphatic carbocycles. The maximum absolute atomic E-state index is 11.6. The molecule has 0 aliphatic heterocycles. The van der Waals surface area contributed by atoms with E-state index in [4.69, 9.17) is 10.8 Å². The number of likely N-dealkylation sites (N-methyl/N-ethyl adjacent to an activating group) is 1. The van der Waals surface area contributed by atoms with Gasteiger partial charge >= 0.3 is 5.97 Å².